The summed E-state index contributed by atoms with van der Waals surface area (Å²) < 4.78 is 6.18. The second-order valence-corrected chi connectivity index (χ2v) is 6.55. The SMILES string of the molecule is CCC1CCCC(Oc2ccc(CCC(C)NC)cc2)C1. The van der Waals surface area contributed by atoms with Gasteiger partial charge in [0.2, 0.25) is 0 Å². The first-order valence-corrected chi connectivity index (χ1v) is 8.64. The number of rotatable bonds is 7. The average Bonchev–Trinajstić information content (AvgIpc) is 2.54. The largest absolute Gasteiger partial charge is 0.490 e. The molecule has 2 nitrogen and oxygen atoms in total. The predicted octanol–water partition coefficient (Wildman–Crippen LogP) is 4.57. The first-order chi connectivity index (χ1) is 10.2. The van der Waals surface area contributed by atoms with Gasteiger partial charge in [0.05, 0.1) is 6.10 Å². The van der Waals surface area contributed by atoms with E-state index in [-0.39, 0.29) is 0 Å². The number of nitrogens with one attached hydrogen (secondary N) is 1. The molecule has 0 spiro atoms. The summed E-state index contributed by atoms with van der Waals surface area (Å²) in [5, 5.41) is 3.29. The Morgan fingerprint density at radius 1 is 1.24 bits per heavy atom. The first kappa shape index (κ1) is 16.4. The fourth-order valence-electron chi connectivity index (χ4n) is 3.17. The van der Waals surface area contributed by atoms with E-state index in [2.05, 4.69) is 43.4 Å². The summed E-state index contributed by atoms with van der Waals surface area (Å²) in [5.41, 5.74) is 1.40. The first-order valence-electron chi connectivity index (χ1n) is 8.64. The Bertz CT molecular complexity index is 401. The molecule has 1 N–H and O–H groups in total. The van der Waals surface area contributed by atoms with Crippen LogP contribution in [-0.2, 0) is 6.42 Å². The van der Waals surface area contributed by atoms with E-state index in [0.29, 0.717) is 12.1 Å². The van der Waals surface area contributed by atoms with Crippen LogP contribution in [0.3, 0.4) is 0 Å². The summed E-state index contributed by atoms with van der Waals surface area (Å²) in [6.45, 7) is 4.53. The molecule has 1 saturated carbocycles. The van der Waals surface area contributed by atoms with Gasteiger partial charge in [-0.25, -0.2) is 0 Å². The van der Waals surface area contributed by atoms with Gasteiger partial charge in [-0.05, 0) is 69.7 Å². The number of ether oxygens (including phenoxy) is 1. The van der Waals surface area contributed by atoms with Crippen molar-refractivity contribution in [2.24, 2.45) is 5.92 Å². The van der Waals surface area contributed by atoms with Gasteiger partial charge < -0.3 is 10.1 Å². The van der Waals surface area contributed by atoms with Crippen molar-refractivity contribution in [2.45, 2.75) is 70.9 Å². The molecule has 1 aromatic carbocycles. The second-order valence-electron chi connectivity index (χ2n) is 6.55. The van der Waals surface area contributed by atoms with Crippen LogP contribution >= 0.6 is 0 Å². The zero-order chi connectivity index (χ0) is 15.1. The number of benzene rings is 1. The van der Waals surface area contributed by atoms with E-state index in [9.17, 15) is 0 Å². The molecule has 0 amide bonds. The normalized spacial score (nSPS) is 23.8. The van der Waals surface area contributed by atoms with Crippen molar-refractivity contribution < 1.29 is 4.74 Å². The molecule has 0 saturated heterocycles. The molecule has 3 atom stereocenters. The third-order valence-corrected chi connectivity index (χ3v) is 4.90. The van der Waals surface area contributed by atoms with Crippen LogP contribution in [0.1, 0.15) is 57.9 Å². The molecule has 0 heterocycles. The minimum Gasteiger partial charge on any atom is -0.490 e. The summed E-state index contributed by atoms with van der Waals surface area (Å²) in [6, 6.07) is 9.31. The molecule has 2 rings (SSSR count). The highest BCUT2D eigenvalue weighted by atomic mass is 16.5. The second kappa shape index (κ2) is 8.43. The molecule has 118 valence electrons. The third-order valence-electron chi connectivity index (χ3n) is 4.90. The van der Waals surface area contributed by atoms with Crippen molar-refractivity contribution in [3.63, 3.8) is 0 Å². The predicted molar refractivity (Wildman–Crippen MR) is 89.9 cm³/mol. The number of hydrogen-bond acceptors (Lipinski definition) is 2. The fourth-order valence-corrected chi connectivity index (χ4v) is 3.17. The van der Waals surface area contributed by atoms with Crippen LogP contribution < -0.4 is 10.1 Å². The topological polar surface area (TPSA) is 21.3 Å². The van der Waals surface area contributed by atoms with Crippen LogP contribution in [0.2, 0.25) is 0 Å². The fraction of sp³-hybridized carbons (Fsp3) is 0.684. The molecule has 1 aliphatic rings. The lowest BCUT2D eigenvalue weighted by Gasteiger charge is -2.29. The molecule has 0 radical (unpaired) electrons. The van der Waals surface area contributed by atoms with Crippen molar-refractivity contribution in [3.05, 3.63) is 29.8 Å². The van der Waals surface area contributed by atoms with Gasteiger partial charge >= 0.3 is 0 Å². The molecule has 0 aromatic heterocycles. The van der Waals surface area contributed by atoms with Gasteiger partial charge in [-0.2, -0.15) is 0 Å². The van der Waals surface area contributed by atoms with Gasteiger partial charge in [0, 0.05) is 6.04 Å². The van der Waals surface area contributed by atoms with Gasteiger partial charge in [-0.3, -0.25) is 0 Å². The Morgan fingerprint density at radius 3 is 2.67 bits per heavy atom. The van der Waals surface area contributed by atoms with E-state index in [1.807, 2.05) is 7.05 Å². The van der Waals surface area contributed by atoms with Gasteiger partial charge in [-0.1, -0.05) is 31.9 Å². The molecule has 0 aliphatic heterocycles. The Morgan fingerprint density at radius 2 is 2.00 bits per heavy atom. The summed E-state index contributed by atoms with van der Waals surface area (Å²) in [5.74, 6) is 1.91. The van der Waals surface area contributed by atoms with Gasteiger partial charge in [0.15, 0.2) is 0 Å². The summed E-state index contributed by atoms with van der Waals surface area (Å²) in [7, 11) is 2.02. The highest BCUT2D eigenvalue weighted by molar-refractivity contribution is 5.27. The van der Waals surface area contributed by atoms with Crippen LogP contribution in [0.25, 0.3) is 0 Å². The monoisotopic (exact) mass is 289 g/mol. The van der Waals surface area contributed by atoms with Crippen molar-refractivity contribution in [1.82, 2.24) is 5.32 Å². The van der Waals surface area contributed by atoms with Gasteiger partial charge in [0.1, 0.15) is 5.75 Å². The smallest absolute Gasteiger partial charge is 0.119 e. The standard InChI is InChI=1S/C19H31NO/c1-4-16-6-5-7-19(14-16)21-18-12-10-17(11-13-18)9-8-15(2)20-3/h10-13,15-16,19-20H,4-9,14H2,1-3H3. The Balaban J connectivity index is 1.81. The molecule has 1 aromatic rings. The Kier molecular flexibility index (Phi) is 6.56. The summed E-state index contributed by atoms with van der Waals surface area (Å²) in [4.78, 5) is 0. The Hall–Kier alpha value is -1.02. The molecular formula is C19H31NO. The van der Waals surface area contributed by atoms with Gasteiger partial charge in [-0.15, -0.1) is 0 Å². The van der Waals surface area contributed by atoms with Crippen molar-refractivity contribution in [3.8, 4) is 5.75 Å². The van der Waals surface area contributed by atoms with E-state index in [1.54, 1.807) is 0 Å². The zero-order valence-electron chi connectivity index (χ0n) is 13.9. The van der Waals surface area contributed by atoms with Crippen molar-refractivity contribution >= 4 is 0 Å². The maximum atomic E-state index is 6.18. The van der Waals surface area contributed by atoms with Crippen LogP contribution in [0.15, 0.2) is 24.3 Å². The van der Waals surface area contributed by atoms with Gasteiger partial charge in [0.25, 0.3) is 0 Å². The minimum atomic E-state index is 0.430. The lowest BCUT2D eigenvalue weighted by atomic mass is 9.85. The van der Waals surface area contributed by atoms with E-state index < -0.39 is 0 Å². The summed E-state index contributed by atoms with van der Waals surface area (Å²) >= 11 is 0. The van der Waals surface area contributed by atoms with Crippen LogP contribution in [-0.4, -0.2) is 19.2 Å². The van der Waals surface area contributed by atoms with E-state index in [0.717, 1.165) is 18.1 Å². The number of hydrogen-bond donors (Lipinski definition) is 1. The maximum Gasteiger partial charge on any atom is 0.119 e. The lowest BCUT2D eigenvalue weighted by molar-refractivity contribution is 0.122. The lowest BCUT2D eigenvalue weighted by Crippen LogP contribution is -2.25. The van der Waals surface area contributed by atoms with Crippen LogP contribution in [0.4, 0.5) is 0 Å². The molecule has 1 fully saturated rings. The van der Waals surface area contributed by atoms with Crippen LogP contribution in [0.5, 0.6) is 5.75 Å². The molecular weight excluding hydrogens is 258 g/mol. The minimum absolute atomic E-state index is 0.430. The van der Waals surface area contributed by atoms with Crippen LogP contribution in [0, 0.1) is 5.92 Å². The summed E-state index contributed by atoms with van der Waals surface area (Å²) in [6.07, 6.45) is 9.19. The molecule has 2 heteroatoms. The Labute approximate surface area is 130 Å². The quantitative estimate of drug-likeness (QED) is 0.793. The zero-order valence-corrected chi connectivity index (χ0v) is 13.9. The average molecular weight is 289 g/mol. The van der Waals surface area contributed by atoms with E-state index in [4.69, 9.17) is 4.74 Å². The molecule has 3 unspecified atom stereocenters. The molecule has 21 heavy (non-hydrogen) atoms. The highest BCUT2D eigenvalue weighted by Crippen LogP contribution is 2.29. The number of aryl methyl sites for hydroxylation is 1. The highest BCUT2D eigenvalue weighted by Gasteiger charge is 2.21. The van der Waals surface area contributed by atoms with E-state index in [1.165, 1.54) is 44.1 Å². The van der Waals surface area contributed by atoms with Crippen molar-refractivity contribution in [1.29, 1.82) is 0 Å². The maximum absolute atomic E-state index is 6.18. The van der Waals surface area contributed by atoms with Crippen molar-refractivity contribution in [2.75, 3.05) is 7.05 Å². The van der Waals surface area contributed by atoms with E-state index >= 15 is 0 Å². The third kappa shape index (κ3) is 5.35. The molecule has 0 bridgehead atoms. The molecule has 1 aliphatic carbocycles.